The molecule has 0 aliphatic heterocycles. The normalized spacial score (nSPS) is 11.7. The fourth-order valence-corrected chi connectivity index (χ4v) is 2.88. The standard InChI is InChI=1S/C20H16ClN5.H3O4P/c1-14(15-2-5-17(6-3-15)26-11-10-22-13-26)24-25-19-8-9-23-20-12-16(21)4-7-18(19)20;1-5(2,3)4/h2-13H,1H3,(H,23,25);(H3,1,2,3,4)/b24-14+;. The van der Waals surface area contributed by atoms with Crippen molar-refractivity contribution in [2.45, 2.75) is 6.92 Å². The van der Waals surface area contributed by atoms with Crippen molar-refractivity contribution >= 4 is 41.7 Å². The maximum atomic E-state index is 8.88. The molecule has 0 unspecified atom stereocenters. The second kappa shape index (κ2) is 9.82. The van der Waals surface area contributed by atoms with Crippen LogP contribution in [0.1, 0.15) is 12.5 Å². The number of anilines is 1. The first-order chi connectivity index (χ1) is 14.7. The summed E-state index contributed by atoms with van der Waals surface area (Å²) in [5.74, 6) is 0. The number of rotatable bonds is 4. The molecule has 0 amide bonds. The van der Waals surface area contributed by atoms with E-state index in [0.717, 1.165) is 33.6 Å². The van der Waals surface area contributed by atoms with Crippen LogP contribution in [0.2, 0.25) is 5.02 Å². The molecule has 9 nitrogen and oxygen atoms in total. The molecule has 4 N–H and O–H groups in total. The quantitative estimate of drug-likeness (QED) is 0.206. The molecular formula is C20H19ClN5O4P. The minimum atomic E-state index is -4.64. The van der Waals surface area contributed by atoms with Crippen molar-refractivity contribution in [2.75, 3.05) is 5.43 Å². The summed E-state index contributed by atoms with van der Waals surface area (Å²) in [7, 11) is -4.64. The first-order valence-corrected chi connectivity index (χ1v) is 10.9. The molecule has 0 saturated carbocycles. The van der Waals surface area contributed by atoms with Gasteiger partial charge < -0.3 is 19.2 Å². The van der Waals surface area contributed by atoms with Gasteiger partial charge in [0.1, 0.15) is 0 Å². The van der Waals surface area contributed by atoms with Gasteiger partial charge in [0.05, 0.1) is 23.2 Å². The van der Waals surface area contributed by atoms with E-state index in [1.165, 1.54) is 0 Å². The number of nitrogens with one attached hydrogen (secondary N) is 1. The third kappa shape index (κ3) is 6.71. The molecule has 0 saturated heterocycles. The molecule has 2 aromatic heterocycles. The van der Waals surface area contributed by atoms with Crippen LogP contribution in [0.15, 0.2) is 78.6 Å². The Bertz CT molecular complexity index is 1230. The van der Waals surface area contributed by atoms with Crippen molar-refractivity contribution in [3.8, 4) is 5.69 Å². The Hall–Kier alpha value is -3.07. The van der Waals surface area contributed by atoms with Gasteiger partial charge in [0.25, 0.3) is 0 Å². The maximum Gasteiger partial charge on any atom is 0.466 e. The summed E-state index contributed by atoms with van der Waals surface area (Å²) >= 11 is 6.03. The van der Waals surface area contributed by atoms with E-state index in [0.29, 0.717) is 5.02 Å². The predicted molar refractivity (Wildman–Crippen MR) is 120 cm³/mol. The zero-order valence-electron chi connectivity index (χ0n) is 16.3. The smallest absolute Gasteiger partial charge is 0.306 e. The highest BCUT2D eigenvalue weighted by Gasteiger charge is 2.04. The van der Waals surface area contributed by atoms with Gasteiger partial charge in [-0.3, -0.25) is 10.4 Å². The highest BCUT2D eigenvalue weighted by molar-refractivity contribution is 7.45. The molecule has 2 heterocycles. The lowest BCUT2D eigenvalue weighted by Crippen LogP contribution is -2.01. The van der Waals surface area contributed by atoms with E-state index in [9.17, 15) is 0 Å². The topological polar surface area (TPSA) is 133 Å². The number of hydrogen-bond donors (Lipinski definition) is 4. The minimum absolute atomic E-state index is 0.666. The largest absolute Gasteiger partial charge is 0.466 e. The molecule has 31 heavy (non-hydrogen) atoms. The molecule has 0 spiro atoms. The van der Waals surface area contributed by atoms with Gasteiger partial charge in [0, 0.05) is 34.7 Å². The number of fused-ring (bicyclic) bond motifs is 1. The number of nitrogens with zero attached hydrogens (tertiary/aromatic N) is 4. The first-order valence-electron chi connectivity index (χ1n) is 8.92. The van der Waals surface area contributed by atoms with E-state index in [4.69, 9.17) is 30.8 Å². The van der Waals surface area contributed by atoms with Crippen LogP contribution in [-0.4, -0.2) is 34.9 Å². The Labute approximate surface area is 182 Å². The Morgan fingerprint density at radius 1 is 1.10 bits per heavy atom. The van der Waals surface area contributed by atoms with E-state index in [1.807, 2.05) is 66.2 Å². The summed E-state index contributed by atoms with van der Waals surface area (Å²) in [5, 5.41) is 6.16. The Balaban J connectivity index is 0.000000491. The SMILES string of the molecule is C/C(=N\Nc1ccnc2cc(Cl)ccc12)c1ccc(-n2ccnc2)cc1.O=P(O)(O)O. The predicted octanol–water partition coefficient (Wildman–Crippen LogP) is 3.98. The van der Waals surface area contributed by atoms with Gasteiger partial charge >= 0.3 is 7.82 Å². The van der Waals surface area contributed by atoms with Crippen LogP contribution in [0.4, 0.5) is 5.69 Å². The van der Waals surface area contributed by atoms with Gasteiger partial charge in [-0.2, -0.15) is 5.10 Å². The van der Waals surface area contributed by atoms with Gasteiger partial charge in [-0.25, -0.2) is 9.55 Å². The number of imidazole rings is 1. The number of pyridine rings is 1. The molecule has 0 aliphatic rings. The van der Waals surface area contributed by atoms with E-state index < -0.39 is 7.82 Å². The van der Waals surface area contributed by atoms with Crippen LogP contribution in [-0.2, 0) is 4.57 Å². The van der Waals surface area contributed by atoms with Crippen LogP contribution in [0.25, 0.3) is 16.6 Å². The summed E-state index contributed by atoms with van der Waals surface area (Å²) in [5.41, 5.74) is 7.85. The third-order valence-corrected chi connectivity index (χ3v) is 4.37. The second-order valence-corrected chi connectivity index (χ2v) is 7.82. The lowest BCUT2D eigenvalue weighted by Gasteiger charge is -2.08. The molecule has 0 atom stereocenters. The summed E-state index contributed by atoms with van der Waals surface area (Å²) in [6.45, 7) is 1.97. The van der Waals surface area contributed by atoms with Crippen LogP contribution in [0.5, 0.6) is 0 Å². The third-order valence-electron chi connectivity index (χ3n) is 4.14. The van der Waals surface area contributed by atoms with Crippen LogP contribution in [0.3, 0.4) is 0 Å². The molecule has 4 rings (SSSR count). The summed E-state index contributed by atoms with van der Waals surface area (Å²) in [6.07, 6.45) is 7.19. The fourth-order valence-electron chi connectivity index (χ4n) is 2.71. The maximum absolute atomic E-state index is 8.88. The summed E-state index contributed by atoms with van der Waals surface area (Å²) < 4.78 is 10.8. The number of benzene rings is 2. The van der Waals surface area contributed by atoms with Gasteiger partial charge in [-0.15, -0.1) is 0 Å². The number of aromatic nitrogens is 3. The molecule has 0 radical (unpaired) electrons. The zero-order chi connectivity index (χ0) is 22.4. The summed E-state index contributed by atoms with van der Waals surface area (Å²) in [6, 6.07) is 15.7. The zero-order valence-corrected chi connectivity index (χ0v) is 17.9. The lowest BCUT2D eigenvalue weighted by atomic mass is 10.1. The Morgan fingerprint density at radius 2 is 1.81 bits per heavy atom. The van der Waals surface area contributed by atoms with Crippen LogP contribution >= 0.6 is 19.4 Å². The molecule has 160 valence electrons. The van der Waals surface area contributed by atoms with Gasteiger partial charge in [0.2, 0.25) is 0 Å². The number of hydrazone groups is 1. The molecule has 11 heteroatoms. The number of halogens is 1. The highest BCUT2D eigenvalue weighted by atomic mass is 35.5. The number of hydrogen-bond acceptors (Lipinski definition) is 5. The van der Waals surface area contributed by atoms with Crippen molar-refractivity contribution in [3.05, 3.63) is 84.0 Å². The molecule has 0 fully saturated rings. The minimum Gasteiger partial charge on any atom is -0.306 e. The van der Waals surface area contributed by atoms with Gasteiger partial charge in [-0.05, 0) is 48.9 Å². The summed E-state index contributed by atoms with van der Waals surface area (Å²) in [4.78, 5) is 30.0. The Kier molecular flexibility index (Phi) is 7.17. The van der Waals surface area contributed by atoms with Crippen molar-refractivity contribution in [2.24, 2.45) is 5.10 Å². The van der Waals surface area contributed by atoms with Gasteiger partial charge in [-0.1, -0.05) is 23.7 Å². The molecule has 2 aromatic carbocycles. The van der Waals surface area contributed by atoms with E-state index in [2.05, 4.69) is 20.5 Å². The Morgan fingerprint density at radius 3 is 2.45 bits per heavy atom. The van der Waals surface area contributed by atoms with Crippen molar-refractivity contribution in [3.63, 3.8) is 0 Å². The fraction of sp³-hybridized carbons (Fsp3) is 0.0500. The molecule has 0 aliphatic carbocycles. The van der Waals surface area contributed by atoms with Crippen molar-refractivity contribution in [1.29, 1.82) is 0 Å². The average Bonchev–Trinajstić information content (AvgIpc) is 3.25. The highest BCUT2D eigenvalue weighted by Crippen LogP contribution is 2.26. The van der Waals surface area contributed by atoms with Crippen LogP contribution in [0, 0.1) is 0 Å². The molecule has 0 bridgehead atoms. The first kappa shape index (κ1) is 22.6. The van der Waals surface area contributed by atoms with Crippen LogP contribution < -0.4 is 5.43 Å². The van der Waals surface area contributed by atoms with E-state index in [-0.39, 0.29) is 0 Å². The average molecular weight is 460 g/mol. The lowest BCUT2D eigenvalue weighted by molar-refractivity contribution is 0.275. The number of phosphoric acid groups is 1. The molecular weight excluding hydrogens is 441 g/mol. The van der Waals surface area contributed by atoms with E-state index >= 15 is 0 Å². The molecule has 4 aromatic rings. The van der Waals surface area contributed by atoms with Gasteiger partial charge in [0.15, 0.2) is 0 Å². The van der Waals surface area contributed by atoms with Crippen molar-refractivity contribution in [1.82, 2.24) is 14.5 Å². The second-order valence-electron chi connectivity index (χ2n) is 6.36. The van der Waals surface area contributed by atoms with E-state index in [1.54, 1.807) is 18.7 Å². The monoisotopic (exact) mass is 459 g/mol. The van der Waals surface area contributed by atoms with Crippen molar-refractivity contribution < 1.29 is 19.2 Å².